The van der Waals surface area contributed by atoms with Crippen molar-refractivity contribution in [3.05, 3.63) is 0 Å². The summed E-state index contributed by atoms with van der Waals surface area (Å²) in [4.78, 5) is 17.4. The van der Waals surface area contributed by atoms with Gasteiger partial charge < -0.3 is 20.7 Å². The van der Waals surface area contributed by atoms with Crippen LogP contribution in [0.15, 0.2) is 0 Å². The quantitative estimate of drug-likeness (QED) is 0.556. The number of amides is 1. The molecule has 1 unspecified atom stereocenters. The molecule has 0 aromatic carbocycles. The largest absolute Gasteiger partial charge is 0.377 e. The molecule has 88 valence electrons. The van der Waals surface area contributed by atoms with Crippen molar-refractivity contribution in [3.8, 4) is 0 Å². The standard InChI is InChI=1S/C8H14N6O2/c1-10-6(15)5-4-16-3-2-14(5)8-11-7(9)12-13-8/h5H,2-4H2,1H3,(H,10,15)(H3,9,11,12,13). The lowest BCUT2D eigenvalue weighted by Crippen LogP contribution is -2.53. The van der Waals surface area contributed by atoms with E-state index >= 15 is 0 Å². The number of ether oxygens (including phenoxy) is 1. The highest BCUT2D eigenvalue weighted by molar-refractivity contribution is 5.84. The van der Waals surface area contributed by atoms with Crippen molar-refractivity contribution in [2.24, 2.45) is 0 Å². The highest BCUT2D eigenvalue weighted by atomic mass is 16.5. The Hall–Kier alpha value is -1.83. The van der Waals surface area contributed by atoms with Gasteiger partial charge in [-0.25, -0.2) is 5.10 Å². The third kappa shape index (κ3) is 1.91. The Morgan fingerprint density at radius 1 is 1.75 bits per heavy atom. The number of carbonyl (C=O) groups excluding carboxylic acids is 1. The van der Waals surface area contributed by atoms with Crippen molar-refractivity contribution in [2.75, 3.05) is 37.4 Å². The molecule has 0 saturated carbocycles. The van der Waals surface area contributed by atoms with Gasteiger partial charge in [-0.3, -0.25) is 4.79 Å². The van der Waals surface area contributed by atoms with Crippen LogP contribution in [0.25, 0.3) is 0 Å². The molecule has 1 atom stereocenters. The summed E-state index contributed by atoms with van der Waals surface area (Å²) < 4.78 is 5.26. The van der Waals surface area contributed by atoms with Gasteiger partial charge in [-0.15, -0.1) is 5.10 Å². The first-order valence-electron chi connectivity index (χ1n) is 4.96. The molecule has 0 bridgehead atoms. The van der Waals surface area contributed by atoms with E-state index in [1.165, 1.54) is 0 Å². The zero-order valence-corrected chi connectivity index (χ0v) is 8.93. The van der Waals surface area contributed by atoms with Gasteiger partial charge in [0.05, 0.1) is 13.2 Å². The molecular formula is C8H14N6O2. The molecule has 1 fully saturated rings. The number of hydrogen-bond acceptors (Lipinski definition) is 6. The molecule has 2 rings (SSSR count). The lowest BCUT2D eigenvalue weighted by Gasteiger charge is -2.33. The summed E-state index contributed by atoms with van der Waals surface area (Å²) in [5.74, 6) is 0.537. The van der Waals surface area contributed by atoms with Crippen LogP contribution < -0.4 is 16.0 Å². The van der Waals surface area contributed by atoms with E-state index < -0.39 is 6.04 Å². The van der Waals surface area contributed by atoms with Gasteiger partial charge in [-0.2, -0.15) is 4.98 Å². The first-order valence-corrected chi connectivity index (χ1v) is 4.96. The molecule has 1 aromatic heterocycles. The van der Waals surface area contributed by atoms with Crippen LogP contribution in [0, 0.1) is 0 Å². The minimum atomic E-state index is -0.408. The summed E-state index contributed by atoms with van der Waals surface area (Å²) >= 11 is 0. The van der Waals surface area contributed by atoms with Gasteiger partial charge in [-0.1, -0.05) is 0 Å². The first-order chi connectivity index (χ1) is 7.72. The van der Waals surface area contributed by atoms with Crippen LogP contribution in [0.1, 0.15) is 0 Å². The predicted molar refractivity (Wildman–Crippen MR) is 56.8 cm³/mol. The van der Waals surface area contributed by atoms with Crippen LogP contribution in [0.2, 0.25) is 0 Å². The molecule has 1 aliphatic heterocycles. The Morgan fingerprint density at radius 3 is 3.19 bits per heavy atom. The molecule has 8 nitrogen and oxygen atoms in total. The van der Waals surface area contributed by atoms with Crippen LogP contribution in [0.3, 0.4) is 0 Å². The number of rotatable bonds is 2. The molecule has 1 aromatic rings. The number of H-pyrrole nitrogens is 1. The average molecular weight is 226 g/mol. The summed E-state index contributed by atoms with van der Waals surface area (Å²) in [5, 5.41) is 9.07. The topological polar surface area (TPSA) is 109 Å². The highest BCUT2D eigenvalue weighted by Crippen LogP contribution is 2.15. The molecule has 1 amide bonds. The van der Waals surface area contributed by atoms with Gasteiger partial charge in [0.2, 0.25) is 17.8 Å². The van der Waals surface area contributed by atoms with Gasteiger partial charge in [0.15, 0.2) is 0 Å². The maximum atomic E-state index is 11.6. The third-order valence-corrected chi connectivity index (χ3v) is 2.43. The number of aromatic nitrogens is 3. The normalized spacial score (nSPS) is 20.8. The molecule has 1 saturated heterocycles. The average Bonchev–Trinajstić information content (AvgIpc) is 2.75. The van der Waals surface area contributed by atoms with Gasteiger partial charge in [-0.05, 0) is 0 Å². The van der Waals surface area contributed by atoms with E-state index in [-0.39, 0.29) is 11.9 Å². The number of nitrogens with two attached hydrogens (primary N) is 1. The maximum Gasteiger partial charge on any atom is 0.247 e. The van der Waals surface area contributed by atoms with Crippen LogP contribution in [-0.2, 0) is 9.53 Å². The van der Waals surface area contributed by atoms with Crippen molar-refractivity contribution in [3.63, 3.8) is 0 Å². The van der Waals surface area contributed by atoms with Gasteiger partial charge >= 0.3 is 0 Å². The SMILES string of the molecule is CNC(=O)C1COCCN1c1n[nH]c(N)n1. The molecule has 0 aliphatic carbocycles. The number of aromatic amines is 1. The first kappa shape index (κ1) is 10.7. The number of nitrogen functional groups attached to an aromatic ring is 1. The second-order valence-electron chi connectivity index (χ2n) is 3.42. The van der Waals surface area contributed by atoms with E-state index in [9.17, 15) is 4.79 Å². The van der Waals surface area contributed by atoms with E-state index in [1.54, 1.807) is 11.9 Å². The third-order valence-electron chi connectivity index (χ3n) is 2.43. The Kier molecular flexibility index (Phi) is 2.91. The zero-order valence-electron chi connectivity index (χ0n) is 8.93. The molecular weight excluding hydrogens is 212 g/mol. The minimum Gasteiger partial charge on any atom is -0.377 e. The number of anilines is 2. The number of nitrogens with zero attached hydrogens (tertiary/aromatic N) is 3. The number of likely N-dealkylation sites (N-methyl/N-ethyl adjacent to an activating group) is 1. The van der Waals surface area contributed by atoms with Crippen molar-refractivity contribution < 1.29 is 9.53 Å². The molecule has 0 spiro atoms. The number of morpholine rings is 1. The smallest absolute Gasteiger partial charge is 0.247 e. The van der Waals surface area contributed by atoms with Crippen LogP contribution in [-0.4, -0.2) is 53.9 Å². The highest BCUT2D eigenvalue weighted by Gasteiger charge is 2.31. The minimum absolute atomic E-state index is 0.122. The summed E-state index contributed by atoms with van der Waals surface area (Å²) in [7, 11) is 1.58. The fourth-order valence-electron chi connectivity index (χ4n) is 1.62. The van der Waals surface area contributed by atoms with Crippen molar-refractivity contribution in [1.29, 1.82) is 0 Å². The summed E-state index contributed by atoms with van der Waals surface area (Å²) in [6.45, 7) is 1.44. The van der Waals surface area contributed by atoms with Crippen molar-refractivity contribution in [2.45, 2.75) is 6.04 Å². The molecule has 0 radical (unpaired) electrons. The van der Waals surface area contributed by atoms with Crippen LogP contribution >= 0.6 is 0 Å². The van der Waals surface area contributed by atoms with Gasteiger partial charge in [0.25, 0.3) is 0 Å². The number of carbonyl (C=O) groups is 1. The maximum absolute atomic E-state index is 11.6. The molecule has 4 N–H and O–H groups in total. The lowest BCUT2D eigenvalue weighted by molar-refractivity contribution is -0.124. The predicted octanol–water partition coefficient (Wildman–Crippen LogP) is -1.66. The Morgan fingerprint density at radius 2 is 2.56 bits per heavy atom. The van der Waals surface area contributed by atoms with Crippen LogP contribution in [0.5, 0.6) is 0 Å². The molecule has 8 heteroatoms. The fourth-order valence-corrected chi connectivity index (χ4v) is 1.62. The zero-order chi connectivity index (χ0) is 11.5. The van der Waals surface area contributed by atoms with Crippen molar-refractivity contribution in [1.82, 2.24) is 20.5 Å². The Labute approximate surface area is 92.2 Å². The second-order valence-corrected chi connectivity index (χ2v) is 3.42. The molecule has 16 heavy (non-hydrogen) atoms. The second kappa shape index (κ2) is 4.35. The lowest BCUT2D eigenvalue weighted by atomic mass is 10.2. The van der Waals surface area contributed by atoms with Gasteiger partial charge in [0.1, 0.15) is 6.04 Å². The fraction of sp³-hybridized carbons (Fsp3) is 0.625. The summed E-state index contributed by atoms with van der Waals surface area (Å²) in [5.41, 5.74) is 5.45. The molecule has 1 aliphatic rings. The summed E-state index contributed by atoms with van der Waals surface area (Å²) in [6, 6.07) is -0.408. The van der Waals surface area contributed by atoms with Crippen molar-refractivity contribution >= 4 is 17.8 Å². The monoisotopic (exact) mass is 226 g/mol. The Balaban J connectivity index is 2.19. The number of nitrogens with one attached hydrogen (secondary N) is 2. The van der Waals surface area contributed by atoms with E-state index in [0.717, 1.165) is 0 Å². The Bertz CT molecular complexity index is 378. The van der Waals surface area contributed by atoms with E-state index in [1.807, 2.05) is 0 Å². The van der Waals surface area contributed by atoms with E-state index in [0.29, 0.717) is 25.7 Å². The van der Waals surface area contributed by atoms with Crippen LogP contribution in [0.4, 0.5) is 11.9 Å². The molecule has 2 heterocycles. The van der Waals surface area contributed by atoms with E-state index in [2.05, 4.69) is 20.5 Å². The van der Waals surface area contributed by atoms with E-state index in [4.69, 9.17) is 10.5 Å². The number of hydrogen-bond donors (Lipinski definition) is 3. The van der Waals surface area contributed by atoms with Gasteiger partial charge in [0, 0.05) is 13.6 Å². The summed E-state index contributed by atoms with van der Waals surface area (Å²) in [6.07, 6.45) is 0.